The van der Waals surface area contributed by atoms with Gasteiger partial charge in [0.25, 0.3) is 5.91 Å². The topological polar surface area (TPSA) is 68.0 Å². The highest BCUT2D eigenvalue weighted by Gasteiger charge is 2.10. The number of nitrogens with one attached hydrogen (secondary N) is 1. The predicted octanol–water partition coefficient (Wildman–Crippen LogP) is 2.07. The molecular formula is C13H11F2N3O. The number of nitrogens with two attached hydrogens (primary N) is 1. The second kappa shape index (κ2) is 5.53. The largest absolute Gasteiger partial charge is 0.326 e. The highest BCUT2D eigenvalue weighted by molar-refractivity contribution is 6.03. The average molecular weight is 263 g/mol. The van der Waals surface area contributed by atoms with E-state index >= 15 is 0 Å². The van der Waals surface area contributed by atoms with Gasteiger partial charge in [-0.25, -0.2) is 13.8 Å². The third-order valence-corrected chi connectivity index (χ3v) is 2.48. The number of aromatic nitrogens is 1. The van der Waals surface area contributed by atoms with Crippen LogP contribution in [0.2, 0.25) is 0 Å². The Kier molecular flexibility index (Phi) is 3.82. The first kappa shape index (κ1) is 13.1. The van der Waals surface area contributed by atoms with Gasteiger partial charge in [0.2, 0.25) is 0 Å². The van der Waals surface area contributed by atoms with Gasteiger partial charge in [-0.3, -0.25) is 4.79 Å². The molecule has 1 aromatic heterocycles. The van der Waals surface area contributed by atoms with Crippen molar-refractivity contribution < 1.29 is 13.6 Å². The van der Waals surface area contributed by atoms with Crippen molar-refractivity contribution in [3.63, 3.8) is 0 Å². The number of anilines is 1. The summed E-state index contributed by atoms with van der Waals surface area (Å²) >= 11 is 0. The fourth-order valence-corrected chi connectivity index (χ4v) is 1.50. The summed E-state index contributed by atoms with van der Waals surface area (Å²) in [4.78, 5) is 15.7. The normalized spacial score (nSPS) is 10.3. The van der Waals surface area contributed by atoms with Crippen molar-refractivity contribution in [2.75, 3.05) is 5.32 Å². The van der Waals surface area contributed by atoms with Crippen LogP contribution in [-0.4, -0.2) is 10.9 Å². The summed E-state index contributed by atoms with van der Waals surface area (Å²) in [5, 5.41) is 2.48. The molecule has 0 spiro atoms. The van der Waals surface area contributed by atoms with Crippen molar-refractivity contribution in [3.05, 3.63) is 59.3 Å². The SMILES string of the molecule is NCc1ccnc(NC(=O)c2ccc(F)c(F)c2)c1. The molecule has 0 radical (unpaired) electrons. The van der Waals surface area contributed by atoms with Gasteiger partial charge in [0.1, 0.15) is 5.82 Å². The van der Waals surface area contributed by atoms with E-state index in [1.54, 1.807) is 12.1 Å². The lowest BCUT2D eigenvalue weighted by molar-refractivity contribution is 0.102. The highest BCUT2D eigenvalue weighted by atomic mass is 19.2. The van der Waals surface area contributed by atoms with Gasteiger partial charge in [0, 0.05) is 18.3 Å². The number of carbonyl (C=O) groups is 1. The molecule has 3 N–H and O–H groups in total. The molecule has 1 aromatic carbocycles. The second-order valence-corrected chi connectivity index (χ2v) is 3.84. The number of rotatable bonds is 3. The molecule has 0 fully saturated rings. The smallest absolute Gasteiger partial charge is 0.256 e. The Hall–Kier alpha value is -2.34. The fraction of sp³-hybridized carbons (Fsp3) is 0.0769. The molecule has 0 aliphatic heterocycles. The average Bonchev–Trinajstić information content (AvgIpc) is 2.42. The van der Waals surface area contributed by atoms with Crippen LogP contribution < -0.4 is 11.1 Å². The number of benzene rings is 1. The number of nitrogens with zero attached hydrogens (tertiary/aromatic N) is 1. The van der Waals surface area contributed by atoms with Gasteiger partial charge >= 0.3 is 0 Å². The molecule has 0 saturated carbocycles. The third kappa shape index (κ3) is 3.11. The zero-order chi connectivity index (χ0) is 13.8. The standard InChI is InChI=1S/C13H11F2N3O/c14-10-2-1-9(6-11(10)15)13(19)18-12-5-8(7-16)3-4-17-12/h1-6H,7,16H2,(H,17,18,19). The molecule has 0 saturated heterocycles. The van der Waals surface area contributed by atoms with Crippen molar-refractivity contribution >= 4 is 11.7 Å². The van der Waals surface area contributed by atoms with Crippen LogP contribution in [0, 0.1) is 11.6 Å². The zero-order valence-electron chi connectivity index (χ0n) is 9.86. The monoisotopic (exact) mass is 263 g/mol. The lowest BCUT2D eigenvalue weighted by atomic mass is 10.2. The molecule has 1 heterocycles. The summed E-state index contributed by atoms with van der Waals surface area (Å²) in [5.41, 5.74) is 6.28. The number of amides is 1. The van der Waals surface area contributed by atoms with E-state index in [9.17, 15) is 13.6 Å². The molecule has 0 aliphatic carbocycles. The van der Waals surface area contributed by atoms with E-state index in [4.69, 9.17) is 5.73 Å². The Balaban J connectivity index is 2.18. The molecule has 2 rings (SSSR count). The van der Waals surface area contributed by atoms with Crippen molar-refractivity contribution in [3.8, 4) is 0 Å². The van der Waals surface area contributed by atoms with E-state index in [-0.39, 0.29) is 5.56 Å². The Labute approximate surface area is 108 Å². The first-order valence-corrected chi connectivity index (χ1v) is 5.51. The minimum Gasteiger partial charge on any atom is -0.326 e. The minimum atomic E-state index is -1.07. The molecule has 98 valence electrons. The first-order chi connectivity index (χ1) is 9.10. The van der Waals surface area contributed by atoms with E-state index in [0.29, 0.717) is 12.4 Å². The van der Waals surface area contributed by atoms with Crippen LogP contribution >= 0.6 is 0 Å². The van der Waals surface area contributed by atoms with Gasteiger partial charge in [0.15, 0.2) is 11.6 Å². The first-order valence-electron chi connectivity index (χ1n) is 5.51. The number of halogens is 2. The van der Waals surface area contributed by atoms with E-state index in [1.807, 2.05) is 0 Å². The lowest BCUT2D eigenvalue weighted by Crippen LogP contribution is -2.13. The second-order valence-electron chi connectivity index (χ2n) is 3.84. The molecule has 2 aromatic rings. The molecule has 4 nitrogen and oxygen atoms in total. The quantitative estimate of drug-likeness (QED) is 0.890. The number of hydrogen-bond acceptors (Lipinski definition) is 3. The van der Waals surface area contributed by atoms with E-state index in [0.717, 1.165) is 17.7 Å². The molecule has 19 heavy (non-hydrogen) atoms. The van der Waals surface area contributed by atoms with Crippen LogP contribution in [0.4, 0.5) is 14.6 Å². The van der Waals surface area contributed by atoms with E-state index in [1.165, 1.54) is 12.3 Å². The summed E-state index contributed by atoms with van der Waals surface area (Å²) in [6.45, 7) is 0.316. The van der Waals surface area contributed by atoms with Crippen LogP contribution in [0.3, 0.4) is 0 Å². The van der Waals surface area contributed by atoms with Gasteiger partial charge in [-0.2, -0.15) is 0 Å². The van der Waals surface area contributed by atoms with E-state index < -0.39 is 17.5 Å². The van der Waals surface area contributed by atoms with Crippen LogP contribution in [0.25, 0.3) is 0 Å². The van der Waals surface area contributed by atoms with Gasteiger partial charge in [-0.05, 0) is 35.9 Å². The van der Waals surface area contributed by atoms with Gasteiger partial charge < -0.3 is 11.1 Å². The molecular weight excluding hydrogens is 252 g/mol. The molecule has 1 amide bonds. The molecule has 0 bridgehead atoms. The van der Waals surface area contributed by atoms with Gasteiger partial charge in [-0.1, -0.05) is 0 Å². The summed E-state index contributed by atoms with van der Waals surface area (Å²) < 4.78 is 25.8. The summed E-state index contributed by atoms with van der Waals surface area (Å²) in [7, 11) is 0. The third-order valence-electron chi connectivity index (χ3n) is 2.48. The van der Waals surface area contributed by atoms with Crippen LogP contribution in [0.5, 0.6) is 0 Å². The predicted molar refractivity (Wildman–Crippen MR) is 66.4 cm³/mol. The number of hydrogen-bond donors (Lipinski definition) is 2. The minimum absolute atomic E-state index is 0.0128. The Morgan fingerprint density at radius 3 is 2.68 bits per heavy atom. The highest BCUT2D eigenvalue weighted by Crippen LogP contribution is 2.12. The van der Waals surface area contributed by atoms with Crippen molar-refractivity contribution in [1.82, 2.24) is 4.98 Å². The maximum absolute atomic E-state index is 13.0. The maximum atomic E-state index is 13.0. The molecule has 0 aliphatic rings. The maximum Gasteiger partial charge on any atom is 0.256 e. The molecule has 0 unspecified atom stereocenters. The summed E-state index contributed by atoms with van der Waals surface area (Å²) in [5.74, 6) is -2.34. The summed E-state index contributed by atoms with van der Waals surface area (Å²) in [6.07, 6.45) is 1.50. The summed E-state index contributed by atoms with van der Waals surface area (Å²) in [6, 6.07) is 6.25. The Bertz CT molecular complexity index is 617. The van der Waals surface area contributed by atoms with Crippen LogP contribution in [0.15, 0.2) is 36.5 Å². The molecule has 0 atom stereocenters. The number of carbonyl (C=O) groups excluding carboxylic acids is 1. The van der Waals surface area contributed by atoms with Crippen molar-refractivity contribution in [2.45, 2.75) is 6.54 Å². The Morgan fingerprint density at radius 1 is 1.21 bits per heavy atom. The lowest BCUT2D eigenvalue weighted by Gasteiger charge is -2.06. The van der Waals surface area contributed by atoms with Crippen LogP contribution in [0.1, 0.15) is 15.9 Å². The van der Waals surface area contributed by atoms with Crippen molar-refractivity contribution in [1.29, 1.82) is 0 Å². The van der Waals surface area contributed by atoms with Crippen molar-refractivity contribution in [2.24, 2.45) is 5.73 Å². The van der Waals surface area contributed by atoms with E-state index in [2.05, 4.69) is 10.3 Å². The Morgan fingerprint density at radius 2 is 2.00 bits per heavy atom. The zero-order valence-corrected chi connectivity index (χ0v) is 9.86. The van der Waals surface area contributed by atoms with Gasteiger partial charge in [-0.15, -0.1) is 0 Å². The van der Waals surface area contributed by atoms with Crippen LogP contribution in [-0.2, 0) is 6.54 Å². The molecule has 6 heteroatoms. The number of pyridine rings is 1. The fourth-order valence-electron chi connectivity index (χ4n) is 1.50. The van der Waals surface area contributed by atoms with Gasteiger partial charge in [0.05, 0.1) is 0 Å².